The van der Waals surface area contributed by atoms with Crippen LogP contribution in [0.15, 0.2) is 66.7 Å². The first-order valence-electron chi connectivity index (χ1n) is 15.1. The number of aliphatic hydroxyl groups is 2. The van der Waals surface area contributed by atoms with Gasteiger partial charge in [0.2, 0.25) is 5.36 Å². The highest BCUT2D eigenvalue weighted by molar-refractivity contribution is 7.01. The Morgan fingerprint density at radius 3 is 2.24 bits per heavy atom. The monoisotopic (exact) mass is 569 g/mol. The summed E-state index contributed by atoms with van der Waals surface area (Å²) in [5.41, 5.74) is 9.99. The maximum Gasteiger partial charge on any atom is 0.203 e. The van der Waals surface area contributed by atoms with Crippen LogP contribution in [-0.4, -0.2) is 45.5 Å². The smallest absolute Gasteiger partial charge is 0.203 e. The number of fused-ring (bicyclic) bond motifs is 6. The number of benzene rings is 5. The van der Waals surface area contributed by atoms with Crippen molar-refractivity contribution in [1.29, 1.82) is 0 Å². The van der Waals surface area contributed by atoms with Crippen LogP contribution in [0.5, 0.6) is 0 Å². The first-order valence-corrected chi connectivity index (χ1v) is 18.1. The lowest BCUT2D eigenvalue weighted by atomic mass is 9.87. The van der Waals surface area contributed by atoms with Crippen LogP contribution in [0.4, 0.5) is 5.69 Å². The molecule has 5 aromatic carbocycles. The molecule has 0 aromatic heterocycles. The minimum Gasteiger partial charge on any atom is -0.392 e. The summed E-state index contributed by atoms with van der Waals surface area (Å²) in [6.07, 6.45) is 2.16. The van der Waals surface area contributed by atoms with Gasteiger partial charge in [0.05, 0.1) is 13.2 Å². The first kappa shape index (κ1) is 25.9. The van der Waals surface area contributed by atoms with Crippen molar-refractivity contribution in [3.63, 3.8) is 0 Å². The third kappa shape index (κ3) is 3.45. The second-order valence-corrected chi connectivity index (χ2v) is 17.3. The van der Waals surface area contributed by atoms with Gasteiger partial charge < -0.3 is 15.1 Å². The van der Waals surface area contributed by atoms with Gasteiger partial charge in [-0.3, -0.25) is 0 Å². The third-order valence-corrected chi connectivity index (χ3v) is 14.0. The SMILES string of the molecule is CN1CCc2cc3c(cc21)[Si](C)(C)c1cc2c(cc1=C3c1ccc3c(CO)c4ccccc4c(CO)c3c1)CC[N+]=2C. The molecule has 2 N–H and O–H groups in total. The summed E-state index contributed by atoms with van der Waals surface area (Å²) in [6.45, 7) is 7.09. The van der Waals surface area contributed by atoms with Gasteiger partial charge >= 0.3 is 0 Å². The Kier molecular flexibility index (Phi) is 5.62. The highest BCUT2D eigenvalue weighted by Crippen LogP contribution is 2.37. The molecule has 0 amide bonds. The number of rotatable bonds is 3. The van der Waals surface area contributed by atoms with Crippen molar-refractivity contribution in [3.05, 3.63) is 111 Å². The number of anilines is 1. The molecule has 3 aliphatic rings. The van der Waals surface area contributed by atoms with Crippen LogP contribution in [-0.2, 0) is 26.1 Å². The fourth-order valence-corrected chi connectivity index (χ4v) is 11.1. The molecule has 42 heavy (non-hydrogen) atoms. The average molecular weight is 570 g/mol. The van der Waals surface area contributed by atoms with Crippen molar-refractivity contribution in [2.24, 2.45) is 0 Å². The molecular weight excluding hydrogens is 533 g/mol. The standard InChI is InChI=1S/C37H37N2O2Si/c1-38-13-11-22-15-29-35(18-33(22)38)42(3,4)36-19-34-23(12-14-39(34)2)16-30(36)37(29)24-9-10-27-28(17-24)32(21-41)26-8-6-5-7-25(26)31(27)20-40/h5-10,15-19,40-41H,11-14,20-21H2,1-4H3/q+1. The zero-order valence-corrected chi connectivity index (χ0v) is 25.9. The van der Waals surface area contributed by atoms with Gasteiger partial charge in [0.25, 0.3) is 0 Å². The molecule has 0 atom stereocenters. The molecule has 0 bridgehead atoms. The Morgan fingerprint density at radius 2 is 1.50 bits per heavy atom. The van der Waals surface area contributed by atoms with E-state index in [0.29, 0.717) is 0 Å². The molecule has 5 heteroatoms. The van der Waals surface area contributed by atoms with Gasteiger partial charge in [-0.05, 0) is 101 Å². The zero-order chi connectivity index (χ0) is 28.9. The second-order valence-electron chi connectivity index (χ2n) is 13.0. The molecule has 0 aliphatic carbocycles. The Hall–Kier alpha value is -3.77. The van der Waals surface area contributed by atoms with Crippen LogP contribution in [0.2, 0.25) is 13.1 Å². The Bertz CT molecular complexity index is 2130. The lowest BCUT2D eigenvalue weighted by Gasteiger charge is -2.34. The first-order chi connectivity index (χ1) is 20.3. The minimum atomic E-state index is -2.02. The molecule has 0 fully saturated rings. The molecule has 3 heterocycles. The van der Waals surface area contributed by atoms with E-state index < -0.39 is 8.07 Å². The lowest BCUT2D eigenvalue weighted by Crippen LogP contribution is -2.63. The Labute approximate surface area is 247 Å². The van der Waals surface area contributed by atoms with E-state index in [-0.39, 0.29) is 13.2 Å². The highest BCUT2D eigenvalue weighted by atomic mass is 28.3. The predicted molar refractivity (Wildman–Crippen MR) is 177 cm³/mol. The fraction of sp³-hybridized carbons (Fsp3) is 0.270. The third-order valence-electron chi connectivity index (χ3n) is 10.4. The van der Waals surface area contributed by atoms with Crippen LogP contribution >= 0.6 is 0 Å². The molecule has 3 aliphatic heterocycles. The maximum absolute atomic E-state index is 10.7. The van der Waals surface area contributed by atoms with Crippen LogP contribution in [0.25, 0.3) is 27.1 Å². The molecule has 8 rings (SSSR count). The summed E-state index contributed by atoms with van der Waals surface area (Å²) in [5.74, 6) is 0. The maximum atomic E-state index is 10.7. The topological polar surface area (TPSA) is 46.7 Å². The molecule has 0 spiro atoms. The molecule has 4 nitrogen and oxygen atoms in total. The van der Waals surface area contributed by atoms with E-state index in [0.717, 1.165) is 58.6 Å². The Morgan fingerprint density at radius 1 is 0.786 bits per heavy atom. The van der Waals surface area contributed by atoms with Gasteiger partial charge in [-0.1, -0.05) is 49.5 Å². The summed E-state index contributed by atoms with van der Waals surface area (Å²) in [6, 6.07) is 24.9. The lowest BCUT2D eigenvalue weighted by molar-refractivity contribution is 0.282. The molecule has 0 unspecified atom stereocenters. The summed E-state index contributed by atoms with van der Waals surface area (Å²) in [5, 5.41) is 31.0. The van der Waals surface area contributed by atoms with Crippen molar-refractivity contribution in [2.45, 2.75) is 39.1 Å². The fourth-order valence-electron chi connectivity index (χ4n) is 8.10. The van der Waals surface area contributed by atoms with Crippen LogP contribution < -0.4 is 30.4 Å². The van der Waals surface area contributed by atoms with Gasteiger partial charge in [-0.2, -0.15) is 0 Å². The summed E-state index contributed by atoms with van der Waals surface area (Å²) >= 11 is 0. The predicted octanol–water partition coefficient (Wildman–Crippen LogP) is 3.03. The van der Waals surface area contributed by atoms with E-state index in [9.17, 15) is 10.2 Å². The van der Waals surface area contributed by atoms with Crippen molar-refractivity contribution in [1.82, 2.24) is 4.58 Å². The summed E-state index contributed by atoms with van der Waals surface area (Å²) < 4.78 is 2.41. The van der Waals surface area contributed by atoms with E-state index in [2.05, 4.69) is 91.3 Å². The van der Waals surface area contributed by atoms with E-state index in [1.165, 1.54) is 54.5 Å². The number of hydrogen-bond acceptors (Lipinski definition) is 3. The second kappa shape index (κ2) is 9.11. The van der Waals surface area contributed by atoms with E-state index in [1.807, 2.05) is 12.1 Å². The van der Waals surface area contributed by atoms with E-state index in [4.69, 9.17) is 0 Å². The van der Waals surface area contributed by atoms with Crippen molar-refractivity contribution < 1.29 is 10.2 Å². The molecule has 5 aromatic rings. The number of nitrogens with zero attached hydrogens (tertiary/aromatic N) is 2. The average Bonchev–Trinajstić information content (AvgIpc) is 3.55. The van der Waals surface area contributed by atoms with E-state index in [1.54, 1.807) is 0 Å². The van der Waals surface area contributed by atoms with Crippen LogP contribution in [0.3, 0.4) is 0 Å². The van der Waals surface area contributed by atoms with Crippen molar-refractivity contribution in [2.75, 3.05) is 32.1 Å². The highest BCUT2D eigenvalue weighted by Gasteiger charge is 2.38. The number of hydrogen-bond donors (Lipinski definition) is 2. The number of aliphatic hydroxyl groups excluding tert-OH is 2. The van der Waals surface area contributed by atoms with Gasteiger partial charge in [-0.25, -0.2) is 4.58 Å². The van der Waals surface area contributed by atoms with Gasteiger partial charge in [0.1, 0.15) is 21.7 Å². The zero-order valence-electron chi connectivity index (χ0n) is 24.9. The largest absolute Gasteiger partial charge is 0.392 e. The number of likely N-dealkylation sites (N-methyl/N-ethyl adjacent to an activating group) is 2. The summed E-state index contributed by atoms with van der Waals surface area (Å²) in [4.78, 5) is 2.41. The molecule has 0 saturated heterocycles. The quantitative estimate of drug-likeness (QED) is 0.200. The molecular formula is C37H37N2O2Si+. The Balaban J connectivity index is 1.52. The van der Waals surface area contributed by atoms with E-state index >= 15 is 0 Å². The summed E-state index contributed by atoms with van der Waals surface area (Å²) in [7, 11) is 2.42. The molecule has 210 valence electrons. The van der Waals surface area contributed by atoms with Crippen LogP contribution in [0, 0.1) is 0 Å². The molecule has 0 saturated carbocycles. The molecule has 0 radical (unpaired) electrons. The normalized spacial score (nSPS) is 16.7. The van der Waals surface area contributed by atoms with Crippen LogP contribution in [0.1, 0.15) is 33.4 Å². The van der Waals surface area contributed by atoms with Crippen molar-refractivity contribution >= 4 is 51.3 Å². The van der Waals surface area contributed by atoms with Crippen molar-refractivity contribution in [3.8, 4) is 0 Å². The van der Waals surface area contributed by atoms with Gasteiger partial charge in [0.15, 0.2) is 0 Å². The van der Waals surface area contributed by atoms with Gasteiger partial charge in [0, 0.05) is 37.3 Å². The van der Waals surface area contributed by atoms with Gasteiger partial charge in [-0.15, -0.1) is 0 Å². The minimum absolute atomic E-state index is 0.0383.